The second-order valence-electron chi connectivity index (χ2n) is 6.85. The van der Waals surface area contributed by atoms with E-state index in [0.29, 0.717) is 18.7 Å². The molecular weight excluding hydrogens is 475 g/mol. The molecule has 27 heavy (non-hydrogen) atoms. The first kappa shape index (κ1) is 20.3. The van der Waals surface area contributed by atoms with E-state index in [9.17, 15) is 13.2 Å². The number of sulfonamides is 1. The molecule has 0 spiro atoms. The maximum absolute atomic E-state index is 12.9. The number of piperidine rings is 1. The number of nitrogens with one attached hydrogen (secondary N) is 1. The molecule has 1 aliphatic heterocycles. The van der Waals surface area contributed by atoms with Gasteiger partial charge in [0.25, 0.3) is 5.91 Å². The maximum Gasteiger partial charge on any atom is 0.255 e. The predicted octanol–water partition coefficient (Wildman–Crippen LogP) is 4.33. The highest BCUT2D eigenvalue weighted by atomic mass is 127. The highest BCUT2D eigenvalue weighted by molar-refractivity contribution is 14.1. The van der Waals surface area contributed by atoms with Crippen molar-refractivity contribution in [2.24, 2.45) is 0 Å². The molecule has 2 aromatic carbocycles. The van der Waals surface area contributed by atoms with Gasteiger partial charge in [0.15, 0.2) is 0 Å². The lowest BCUT2D eigenvalue weighted by Crippen LogP contribution is -2.35. The van der Waals surface area contributed by atoms with Gasteiger partial charge in [-0.15, -0.1) is 0 Å². The number of benzene rings is 2. The van der Waals surface area contributed by atoms with Gasteiger partial charge in [-0.2, -0.15) is 4.31 Å². The first-order valence-electron chi connectivity index (χ1n) is 8.97. The average molecular weight is 498 g/mol. The molecule has 0 unspecified atom stereocenters. The van der Waals surface area contributed by atoms with Crippen LogP contribution in [0.5, 0.6) is 0 Å². The number of nitrogens with zero attached hydrogens (tertiary/aromatic N) is 1. The van der Waals surface area contributed by atoms with Crippen molar-refractivity contribution in [3.63, 3.8) is 0 Å². The number of rotatable bonds is 4. The summed E-state index contributed by atoms with van der Waals surface area (Å²) in [6.07, 6.45) is 2.82. The first-order chi connectivity index (χ1) is 12.8. The van der Waals surface area contributed by atoms with E-state index >= 15 is 0 Å². The van der Waals surface area contributed by atoms with Gasteiger partial charge in [-0.1, -0.05) is 12.5 Å². The summed E-state index contributed by atoms with van der Waals surface area (Å²) in [4.78, 5) is 13.0. The van der Waals surface area contributed by atoms with Crippen LogP contribution in [-0.2, 0) is 10.0 Å². The van der Waals surface area contributed by atoms with E-state index < -0.39 is 10.0 Å². The molecule has 1 fully saturated rings. The smallest absolute Gasteiger partial charge is 0.255 e. The molecule has 0 atom stereocenters. The molecule has 144 valence electrons. The van der Waals surface area contributed by atoms with E-state index in [0.717, 1.165) is 39.6 Å². The molecule has 0 aromatic heterocycles. The molecule has 0 bridgehead atoms. The minimum atomic E-state index is -3.57. The number of aryl methyl sites for hydroxylation is 2. The van der Waals surface area contributed by atoms with Crippen molar-refractivity contribution in [2.75, 3.05) is 18.4 Å². The van der Waals surface area contributed by atoms with Gasteiger partial charge < -0.3 is 5.32 Å². The summed E-state index contributed by atoms with van der Waals surface area (Å²) in [6, 6.07) is 10.6. The third-order valence-electron chi connectivity index (χ3n) is 4.84. The third-order valence-corrected chi connectivity index (χ3v) is 7.41. The quantitative estimate of drug-likeness (QED) is 0.639. The number of hydrogen-bond donors (Lipinski definition) is 1. The highest BCUT2D eigenvalue weighted by Crippen LogP contribution is 2.24. The minimum absolute atomic E-state index is 0.180. The lowest BCUT2D eigenvalue weighted by Gasteiger charge is -2.26. The van der Waals surface area contributed by atoms with Gasteiger partial charge in [0, 0.05) is 27.9 Å². The van der Waals surface area contributed by atoms with Crippen LogP contribution in [0.1, 0.15) is 40.7 Å². The lowest BCUT2D eigenvalue weighted by atomic mass is 10.1. The van der Waals surface area contributed by atoms with Crippen LogP contribution in [-0.4, -0.2) is 31.7 Å². The first-order valence-corrected chi connectivity index (χ1v) is 11.5. The van der Waals surface area contributed by atoms with Crippen LogP contribution in [0.4, 0.5) is 5.69 Å². The second-order valence-corrected chi connectivity index (χ2v) is 10.0. The Morgan fingerprint density at radius 3 is 2.37 bits per heavy atom. The summed E-state index contributed by atoms with van der Waals surface area (Å²) >= 11 is 2.22. The van der Waals surface area contributed by atoms with Crippen LogP contribution in [0.3, 0.4) is 0 Å². The van der Waals surface area contributed by atoms with Crippen molar-refractivity contribution in [1.82, 2.24) is 4.31 Å². The molecule has 0 radical (unpaired) electrons. The summed E-state index contributed by atoms with van der Waals surface area (Å²) in [7, 11) is -3.57. The predicted molar refractivity (Wildman–Crippen MR) is 116 cm³/mol. The van der Waals surface area contributed by atoms with E-state index in [2.05, 4.69) is 27.9 Å². The van der Waals surface area contributed by atoms with Gasteiger partial charge in [-0.3, -0.25) is 4.79 Å². The third kappa shape index (κ3) is 4.52. The van der Waals surface area contributed by atoms with E-state index in [4.69, 9.17) is 0 Å². The monoisotopic (exact) mass is 498 g/mol. The van der Waals surface area contributed by atoms with Crippen LogP contribution in [0.25, 0.3) is 0 Å². The van der Waals surface area contributed by atoms with Crippen molar-refractivity contribution in [2.45, 2.75) is 38.0 Å². The van der Waals surface area contributed by atoms with Crippen LogP contribution in [0.15, 0.2) is 41.3 Å². The fourth-order valence-corrected chi connectivity index (χ4v) is 5.41. The Hall–Kier alpha value is -1.45. The van der Waals surface area contributed by atoms with Crippen LogP contribution in [0, 0.1) is 17.4 Å². The number of carbonyl (C=O) groups is 1. The van der Waals surface area contributed by atoms with E-state index in [1.807, 2.05) is 32.0 Å². The van der Waals surface area contributed by atoms with E-state index in [-0.39, 0.29) is 10.8 Å². The van der Waals surface area contributed by atoms with Crippen LogP contribution < -0.4 is 5.32 Å². The SMILES string of the molecule is Cc1cc(I)ccc1NC(=O)c1cc(S(=O)(=O)N2CCCCC2)ccc1C. The standard InChI is InChI=1S/C20H23IN2O3S/c1-14-6-8-17(27(25,26)23-10-4-3-5-11-23)13-18(14)20(24)22-19-9-7-16(21)12-15(19)2/h6-9,12-13H,3-5,10-11H2,1-2H3,(H,22,24). The van der Waals surface area contributed by atoms with Gasteiger partial charge >= 0.3 is 0 Å². The average Bonchev–Trinajstić information content (AvgIpc) is 2.65. The molecule has 1 heterocycles. The van der Waals surface area contributed by atoms with Gasteiger partial charge in [0.2, 0.25) is 10.0 Å². The molecule has 0 saturated carbocycles. The van der Waals surface area contributed by atoms with Crippen molar-refractivity contribution in [3.05, 3.63) is 56.7 Å². The number of halogens is 1. The summed E-state index contributed by atoms with van der Waals surface area (Å²) in [5.74, 6) is -0.299. The Morgan fingerprint density at radius 2 is 1.70 bits per heavy atom. The summed E-state index contributed by atoms with van der Waals surface area (Å²) in [5, 5.41) is 2.90. The summed E-state index contributed by atoms with van der Waals surface area (Å²) < 4.78 is 28.4. The van der Waals surface area contributed by atoms with Gasteiger partial charge in [0.05, 0.1) is 4.90 Å². The Morgan fingerprint density at radius 1 is 1.00 bits per heavy atom. The van der Waals surface area contributed by atoms with E-state index in [1.54, 1.807) is 12.1 Å². The zero-order valence-electron chi connectivity index (χ0n) is 15.5. The Bertz CT molecular complexity index is 967. The maximum atomic E-state index is 12.9. The second kappa shape index (κ2) is 8.28. The van der Waals surface area contributed by atoms with Gasteiger partial charge in [-0.05, 0) is 90.7 Å². The largest absolute Gasteiger partial charge is 0.322 e. The fraction of sp³-hybridized carbons (Fsp3) is 0.350. The van der Waals surface area contributed by atoms with Crippen molar-refractivity contribution in [3.8, 4) is 0 Å². The Labute approximate surface area is 174 Å². The number of amides is 1. The zero-order valence-corrected chi connectivity index (χ0v) is 18.4. The minimum Gasteiger partial charge on any atom is -0.322 e. The summed E-state index contributed by atoms with van der Waals surface area (Å²) in [6.45, 7) is 4.83. The molecular formula is C20H23IN2O3S. The summed E-state index contributed by atoms with van der Waals surface area (Å²) in [5.41, 5.74) is 2.81. The topological polar surface area (TPSA) is 66.5 Å². The van der Waals surface area contributed by atoms with Gasteiger partial charge in [0.1, 0.15) is 0 Å². The number of carbonyl (C=O) groups excluding carboxylic acids is 1. The lowest BCUT2D eigenvalue weighted by molar-refractivity contribution is 0.102. The molecule has 0 aliphatic carbocycles. The molecule has 1 amide bonds. The normalized spacial score (nSPS) is 15.5. The zero-order chi connectivity index (χ0) is 19.6. The van der Waals surface area contributed by atoms with Gasteiger partial charge in [-0.25, -0.2) is 8.42 Å². The molecule has 7 heteroatoms. The Balaban J connectivity index is 1.89. The number of anilines is 1. The van der Waals surface area contributed by atoms with Crippen LogP contribution >= 0.6 is 22.6 Å². The van der Waals surface area contributed by atoms with E-state index in [1.165, 1.54) is 10.4 Å². The fourth-order valence-electron chi connectivity index (χ4n) is 3.22. The van der Waals surface area contributed by atoms with Crippen molar-refractivity contribution >= 4 is 44.2 Å². The Kier molecular flexibility index (Phi) is 6.22. The molecule has 3 rings (SSSR count). The van der Waals surface area contributed by atoms with Crippen LogP contribution in [0.2, 0.25) is 0 Å². The number of hydrogen-bond acceptors (Lipinski definition) is 3. The molecule has 2 aromatic rings. The molecule has 1 aliphatic rings. The highest BCUT2D eigenvalue weighted by Gasteiger charge is 2.27. The van der Waals surface area contributed by atoms with Crippen molar-refractivity contribution < 1.29 is 13.2 Å². The van der Waals surface area contributed by atoms with Crippen molar-refractivity contribution in [1.29, 1.82) is 0 Å². The molecule has 5 nitrogen and oxygen atoms in total. The molecule has 1 saturated heterocycles. The molecule has 1 N–H and O–H groups in total.